The van der Waals surface area contributed by atoms with Gasteiger partial charge in [0.25, 0.3) is 0 Å². The average molecular weight is 355 g/mol. The van der Waals surface area contributed by atoms with Crippen molar-refractivity contribution in [2.75, 3.05) is 13.7 Å². The molecule has 1 amide bonds. The zero-order chi connectivity index (χ0) is 17.9. The molecule has 1 aromatic carbocycles. The summed E-state index contributed by atoms with van der Waals surface area (Å²) in [7, 11) is 1.65. The molecular weight excluding hydrogens is 326 g/mol. The van der Waals surface area contributed by atoms with Crippen LogP contribution < -0.4 is 10.1 Å². The molecular formula is C22H29NO3. The third-order valence-corrected chi connectivity index (χ3v) is 7.77. The summed E-state index contributed by atoms with van der Waals surface area (Å²) in [6.45, 7) is 0.0261. The summed E-state index contributed by atoms with van der Waals surface area (Å²) < 4.78 is 5.23. The molecule has 6 rings (SSSR count). The van der Waals surface area contributed by atoms with E-state index in [4.69, 9.17) is 4.74 Å². The Kier molecular flexibility index (Phi) is 3.66. The predicted molar refractivity (Wildman–Crippen MR) is 98.9 cm³/mol. The van der Waals surface area contributed by atoms with Crippen LogP contribution >= 0.6 is 0 Å². The first-order chi connectivity index (χ1) is 12.6. The van der Waals surface area contributed by atoms with Crippen LogP contribution in [0.2, 0.25) is 0 Å². The fourth-order valence-electron chi connectivity index (χ4n) is 6.77. The number of rotatable bonds is 5. The first-order valence-electron chi connectivity index (χ1n) is 10.1. The Balaban J connectivity index is 1.32. The maximum Gasteiger partial charge on any atom is 0.224 e. The molecule has 0 unspecified atom stereocenters. The van der Waals surface area contributed by atoms with Gasteiger partial charge in [0.2, 0.25) is 5.91 Å². The maximum atomic E-state index is 13.1. The average Bonchev–Trinajstić information content (AvgIpc) is 3.36. The molecule has 0 heterocycles. The summed E-state index contributed by atoms with van der Waals surface area (Å²) in [6.07, 6.45) is 8.40. The van der Waals surface area contributed by atoms with Crippen LogP contribution in [0.1, 0.15) is 50.5 Å². The van der Waals surface area contributed by atoms with E-state index in [-0.39, 0.29) is 24.0 Å². The van der Waals surface area contributed by atoms with E-state index in [9.17, 15) is 9.90 Å². The van der Waals surface area contributed by atoms with Gasteiger partial charge in [0.15, 0.2) is 0 Å². The molecule has 0 saturated heterocycles. The number of amides is 1. The number of hydrogen-bond donors (Lipinski definition) is 2. The van der Waals surface area contributed by atoms with Crippen LogP contribution in [0.5, 0.6) is 5.75 Å². The largest absolute Gasteiger partial charge is 0.497 e. The van der Waals surface area contributed by atoms with Gasteiger partial charge in [-0.1, -0.05) is 12.1 Å². The van der Waals surface area contributed by atoms with E-state index in [1.54, 1.807) is 7.11 Å². The van der Waals surface area contributed by atoms with Gasteiger partial charge < -0.3 is 15.2 Å². The lowest BCUT2D eigenvalue weighted by atomic mass is 9.53. The van der Waals surface area contributed by atoms with E-state index in [0.29, 0.717) is 0 Å². The topological polar surface area (TPSA) is 58.6 Å². The highest BCUT2D eigenvalue weighted by Gasteiger charge is 2.60. The summed E-state index contributed by atoms with van der Waals surface area (Å²) in [6, 6.07) is 7.82. The standard InChI is InChI=1S/C22H29NO3/c1-26-18-4-2-17(3-5-18)22(13-24)12-19(22)20(25)23-21-9-14-6-15(10-21)8-16(7-14)11-21/h2-5,14-16,19,24H,6-13H2,1H3,(H,23,25)/t14?,15?,16?,19-,21?,22+/m1/s1. The molecule has 4 nitrogen and oxygen atoms in total. The minimum atomic E-state index is -0.404. The van der Waals surface area contributed by atoms with E-state index in [2.05, 4.69) is 5.32 Å². The van der Waals surface area contributed by atoms with Gasteiger partial charge in [-0.2, -0.15) is 0 Å². The molecule has 4 heteroatoms. The Bertz CT molecular complexity index is 677. The Hall–Kier alpha value is -1.55. The SMILES string of the molecule is COc1ccc([C@@]2(CO)C[C@@H]2C(=O)NC23CC4CC(CC(C4)C2)C3)cc1. The van der Waals surface area contributed by atoms with Crippen molar-refractivity contribution < 1.29 is 14.6 Å². The highest BCUT2D eigenvalue weighted by atomic mass is 16.5. The molecule has 5 aliphatic rings. The number of carbonyl (C=O) groups excluding carboxylic acids is 1. The summed E-state index contributed by atoms with van der Waals surface area (Å²) in [4.78, 5) is 13.1. The second-order valence-corrected chi connectivity index (χ2v) is 9.49. The molecule has 2 N–H and O–H groups in total. The smallest absolute Gasteiger partial charge is 0.224 e. The monoisotopic (exact) mass is 355 g/mol. The zero-order valence-electron chi connectivity index (χ0n) is 15.5. The quantitative estimate of drug-likeness (QED) is 0.854. The number of nitrogens with one attached hydrogen (secondary N) is 1. The van der Waals surface area contributed by atoms with Crippen LogP contribution in [0, 0.1) is 23.7 Å². The van der Waals surface area contributed by atoms with Crippen LogP contribution in [0.25, 0.3) is 0 Å². The van der Waals surface area contributed by atoms with E-state index in [1.165, 1.54) is 38.5 Å². The van der Waals surface area contributed by atoms with Crippen molar-refractivity contribution >= 4 is 5.91 Å². The Morgan fingerprint density at radius 3 is 2.15 bits per heavy atom. The third kappa shape index (κ3) is 2.49. The van der Waals surface area contributed by atoms with Crippen molar-refractivity contribution in [1.29, 1.82) is 0 Å². The molecule has 2 atom stereocenters. The highest BCUT2D eigenvalue weighted by molar-refractivity contribution is 5.85. The lowest BCUT2D eigenvalue weighted by Gasteiger charge is -2.57. The fourth-order valence-corrected chi connectivity index (χ4v) is 6.77. The second-order valence-electron chi connectivity index (χ2n) is 9.49. The van der Waals surface area contributed by atoms with Gasteiger partial charge in [-0.05, 0) is 80.4 Å². The van der Waals surface area contributed by atoms with Crippen molar-refractivity contribution in [1.82, 2.24) is 5.32 Å². The van der Waals surface area contributed by atoms with E-state index in [0.717, 1.165) is 35.5 Å². The third-order valence-electron chi connectivity index (χ3n) is 7.77. The van der Waals surface area contributed by atoms with E-state index >= 15 is 0 Å². The van der Waals surface area contributed by atoms with Crippen LogP contribution in [0.3, 0.4) is 0 Å². The van der Waals surface area contributed by atoms with Crippen molar-refractivity contribution in [3.63, 3.8) is 0 Å². The Morgan fingerprint density at radius 1 is 1.08 bits per heavy atom. The molecule has 5 aliphatic carbocycles. The van der Waals surface area contributed by atoms with Gasteiger partial charge in [-0.3, -0.25) is 4.79 Å². The van der Waals surface area contributed by atoms with Crippen LogP contribution in [-0.4, -0.2) is 30.3 Å². The molecule has 0 spiro atoms. The minimum Gasteiger partial charge on any atom is -0.497 e. The number of benzene rings is 1. The molecule has 0 radical (unpaired) electrons. The second kappa shape index (κ2) is 5.72. The normalized spacial score (nSPS) is 42.5. The van der Waals surface area contributed by atoms with Gasteiger partial charge in [0.1, 0.15) is 5.75 Å². The van der Waals surface area contributed by atoms with Crippen molar-refractivity contribution in [3.8, 4) is 5.75 Å². The van der Waals surface area contributed by atoms with Gasteiger partial charge in [-0.25, -0.2) is 0 Å². The molecule has 0 aromatic heterocycles. The molecule has 26 heavy (non-hydrogen) atoms. The number of hydrogen-bond acceptors (Lipinski definition) is 3. The maximum absolute atomic E-state index is 13.1. The van der Waals surface area contributed by atoms with Crippen LogP contribution in [-0.2, 0) is 10.2 Å². The van der Waals surface area contributed by atoms with Gasteiger partial charge >= 0.3 is 0 Å². The summed E-state index contributed by atoms with van der Waals surface area (Å²) >= 11 is 0. The lowest BCUT2D eigenvalue weighted by Crippen LogP contribution is -2.60. The van der Waals surface area contributed by atoms with Crippen molar-refractivity contribution in [2.45, 2.75) is 55.9 Å². The molecule has 5 fully saturated rings. The number of ether oxygens (including phenoxy) is 1. The van der Waals surface area contributed by atoms with Crippen molar-refractivity contribution in [3.05, 3.63) is 29.8 Å². The van der Waals surface area contributed by atoms with Gasteiger partial charge in [-0.15, -0.1) is 0 Å². The molecule has 4 bridgehead atoms. The first kappa shape index (κ1) is 16.6. The molecule has 0 aliphatic heterocycles. The minimum absolute atomic E-state index is 0.0261. The number of methoxy groups -OCH3 is 1. The van der Waals surface area contributed by atoms with Crippen LogP contribution in [0.15, 0.2) is 24.3 Å². The van der Waals surface area contributed by atoms with E-state index < -0.39 is 5.41 Å². The molecule has 1 aromatic rings. The number of aliphatic hydroxyl groups is 1. The number of aliphatic hydroxyl groups excluding tert-OH is 1. The molecule has 140 valence electrons. The zero-order valence-corrected chi connectivity index (χ0v) is 15.5. The van der Waals surface area contributed by atoms with Crippen LogP contribution in [0.4, 0.5) is 0 Å². The van der Waals surface area contributed by atoms with Crippen molar-refractivity contribution in [2.24, 2.45) is 23.7 Å². The summed E-state index contributed by atoms with van der Waals surface area (Å²) in [5, 5.41) is 13.6. The Labute approximate surface area is 155 Å². The number of carbonyl (C=O) groups is 1. The van der Waals surface area contributed by atoms with E-state index in [1.807, 2.05) is 24.3 Å². The molecule has 5 saturated carbocycles. The van der Waals surface area contributed by atoms with Gasteiger partial charge in [0, 0.05) is 11.0 Å². The Morgan fingerprint density at radius 2 is 1.65 bits per heavy atom. The highest BCUT2D eigenvalue weighted by Crippen LogP contribution is 2.58. The lowest BCUT2D eigenvalue weighted by molar-refractivity contribution is -0.128. The fraction of sp³-hybridized carbons (Fsp3) is 0.682. The predicted octanol–water partition coefficient (Wildman–Crippen LogP) is 3.03. The summed E-state index contributed by atoms with van der Waals surface area (Å²) in [5.74, 6) is 3.34. The summed E-state index contributed by atoms with van der Waals surface area (Å²) in [5.41, 5.74) is 0.695. The first-order valence-corrected chi connectivity index (χ1v) is 10.1. The van der Waals surface area contributed by atoms with Gasteiger partial charge in [0.05, 0.1) is 19.6 Å².